The van der Waals surface area contributed by atoms with Gasteiger partial charge in [0, 0.05) is 24.2 Å². The summed E-state index contributed by atoms with van der Waals surface area (Å²) >= 11 is 0. The summed E-state index contributed by atoms with van der Waals surface area (Å²) in [5, 5.41) is 3.28. The number of rotatable bonds is 5. The van der Waals surface area contributed by atoms with Crippen LogP contribution in [0, 0.1) is 0 Å². The molecule has 0 aromatic rings. The first-order valence-electron chi connectivity index (χ1n) is 6.80. The van der Waals surface area contributed by atoms with E-state index >= 15 is 0 Å². The molecule has 0 saturated heterocycles. The highest BCUT2D eigenvalue weighted by Gasteiger charge is 2.17. The third-order valence-electron chi connectivity index (χ3n) is 2.35. The van der Waals surface area contributed by atoms with Gasteiger partial charge in [-0.15, -0.1) is 13.2 Å². The van der Waals surface area contributed by atoms with Crippen molar-refractivity contribution in [3.05, 3.63) is 25.3 Å². The quantitative estimate of drug-likeness (QED) is 0.750. The molecule has 0 unspecified atom stereocenters. The van der Waals surface area contributed by atoms with Crippen LogP contribution in [0.5, 0.6) is 0 Å². The molecular formula is C16H34N2. The minimum atomic E-state index is 0.211. The third kappa shape index (κ3) is 13.5. The average Bonchev–Trinajstić information content (AvgIpc) is 2.15. The third-order valence-corrected chi connectivity index (χ3v) is 2.35. The maximum atomic E-state index is 3.72. The maximum Gasteiger partial charge on any atom is 0.0169 e. The summed E-state index contributed by atoms with van der Waals surface area (Å²) in [6.45, 7) is 25.5. The predicted octanol–water partition coefficient (Wildman–Crippen LogP) is 3.85. The van der Waals surface area contributed by atoms with Gasteiger partial charge in [0.05, 0.1) is 0 Å². The molecule has 0 amide bonds. The Bertz CT molecular complexity index is 208. The second-order valence-corrected chi connectivity index (χ2v) is 6.43. The SMILES string of the molecule is C=CCN(CC=C)C(C)(C)C.CCNC(C)(C)C. The Hall–Kier alpha value is -0.600. The summed E-state index contributed by atoms with van der Waals surface area (Å²) in [7, 11) is 0. The van der Waals surface area contributed by atoms with Gasteiger partial charge in [-0.1, -0.05) is 19.1 Å². The molecule has 0 aliphatic carbocycles. The van der Waals surface area contributed by atoms with Crippen molar-refractivity contribution in [2.45, 2.75) is 59.5 Å². The Balaban J connectivity index is 0. The van der Waals surface area contributed by atoms with Crippen molar-refractivity contribution in [3.8, 4) is 0 Å². The Morgan fingerprint density at radius 3 is 1.44 bits per heavy atom. The van der Waals surface area contributed by atoms with Gasteiger partial charge < -0.3 is 5.32 Å². The molecule has 0 aromatic heterocycles. The molecule has 0 bridgehead atoms. The normalized spacial score (nSPS) is 11.8. The summed E-state index contributed by atoms with van der Waals surface area (Å²) in [4.78, 5) is 2.31. The fourth-order valence-corrected chi connectivity index (χ4v) is 1.46. The van der Waals surface area contributed by atoms with E-state index < -0.39 is 0 Å². The van der Waals surface area contributed by atoms with Gasteiger partial charge >= 0.3 is 0 Å². The highest BCUT2D eigenvalue weighted by atomic mass is 15.2. The monoisotopic (exact) mass is 254 g/mol. The van der Waals surface area contributed by atoms with Crippen molar-refractivity contribution in [2.24, 2.45) is 0 Å². The Morgan fingerprint density at radius 2 is 1.33 bits per heavy atom. The number of hydrogen-bond acceptors (Lipinski definition) is 2. The van der Waals surface area contributed by atoms with E-state index in [0.717, 1.165) is 19.6 Å². The molecule has 2 heteroatoms. The van der Waals surface area contributed by atoms with E-state index in [1.165, 1.54) is 0 Å². The van der Waals surface area contributed by atoms with Crippen LogP contribution in [0.3, 0.4) is 0 Å². The molecule has 18 heavy (non-hydrogen) atoms. The average molecular weight is 254 g/mol. The zero-order valence-electron chi connectivity index (χ0n) is 13.6. The largest absolute Gasteiger partial charge is 0.312 e. The minimum absolute atomic E-state index is 0.211. The number of hydrogen-bond donors (Lipinski definition) is 1. The molecule has 0 saturated carbocycles. The van der Waals surface area contributed by atoms with Gasteiger partial charge in [0.1, 0.15) is 0 Å². The second kappa shape index (κ2) is 9.35. The van der Waals surface area contributed by atoms with Crippen molar-refractivity contribution in [3.63, 3.8) is 0 Å². The smallest absolute Gasteiger partial charge is 0.0169 e. The van der Waals surface area contributed by atoms with Gasteiger partial charge in [0.15, 0.2) is 0 Å². The number of nitrogens with zero attached hydrogens (tertiary/aromatic N) is 1. The van der Waals surface area contributed by atoms with Crippen molar-refractivity contribution in [2.75, 3.05) is 19.6 Å². The lowest BCUT2D eigenvalue weighted by atomic mass is 10.1. The van der Waals surface area contributed by atoms with Gasteiger partial charge in [-0.25, -0.2) is 0 Å². The molecule has 0 rings (SSSR count). The van der Waals surface area contributed by atoms with E-state index in [4.69, 9.17) is 0 Å². The lowest BCUT2D eigenvalue weighted by Gasteiger charge is -2.33. The second-order valence-electron chi connectivity index (χ2n) is 6.43. The van der Waals surface area contributed by atoms with E-state index in [2.05, 4.69) is 71.8 Å². The van der Waals surface area contributed by atoms with Crippen LogP contribution in [-0.2, 0) is 0 Å². The molecule has 0 aliphatic heterocycles. The van der Waals surface area contributed by atoms with Crippen LogP contribution in [0.4, 0.5) is 0 Å². The molecule has 108 valence electrons. The van der Waals surface area contributed by atoms with Crippen molar-refractivity contribution in [1.82, 2.24) is 10.2 Å². The van der Waals surface area contributed by atoms with Crippen molar-refractivity contribution < 1.29 is 0 Å². The summed E-state index contributed by atoms with van der Waals surface area (Å²) in [5.41, 5.74) is 0.511. The Kier molecular flexibility index (Phi) is 10.2. The van der Waals surface area contributed by atoms with Gasteiger partial charge in [0.2, 0.25) is 0 Å². The molecule has 0 atom stereocenters. The fourth-order valence-electron chi connectivity index (χ4n) is 1.46. The fraction of sp³-hybridized carbons (Fsp3) is 0.750. The highest BCUT2D eigenvalue weighted by molar-refractivity contribution is 4.87. The van der Waals surface area contributed by atoms with E-state index in [1.807, 2.05) is 12.2 Å². The van der Waals surface area contributed by atoms with E-state index in [9.17, 15) is 0 Å². The zero-order chi connectivity index (χ0) is 14.8. The summed E-state index contributed by atoms with van der Waals surface area (Å²) in [6.07, 6.45) is 3.85. The molecule has 0 aromatic carbocycles. The first kappa shape index (κ1) is 19.7. The molecular weight excluding hydrogens is 220 g/mol. The van der Waals surface area contributed by atoms with Crippen LogP contribution in [0.25, 0.3) is 0 Å². The van der Waals surface area contributed by atoms with Crippen molar-refractivity contribution in [1.29, 1.82) is 0 Å². The van der Waals surface area contributed by atoms with Crippen LogP contribution in [0.15, 0.2) is 25.3 Å². The minimum Gasteiger partial charge on any atom is -0.312 e. The molecule has 0 fully saturated rings. The van der Waals surface area contributed by atoms with Crippen LogP contribution in [0.2, 0.25) is 0 Å². The number of nitrogens with one attached hydrogen (secondary N) is 1. The lowest BCUT2D eigenvalue weighted by Crippen LogP contribution is -2.41. The van der Waals surface area contributed by atoms with Crippen LogP contribution < -0.4 is 5.32 Å². The molecule has 1 N–H and O–H groups in total. The summed E-state index contributed by atoms with van der Waals surface area (Å²) in [5.74, 6) is 0. The first-order valence-corrected chi connectivity index (χ1v) is 6.80. The van der Waals surface area contributed by atoms with Gasteiger partial charge in [0.25, 0.3) is 0 Å². The summed E-state index contributed by atoms with van der Waals surface area (Å²) in [6, 6.07) is 0. The Morgan fingerprint density at radius 1 is 0.944 bits per heavy atom. The van der Waals surface area contributed by atoms with Gasteiger partial charge in [-0.05, 0) is 48.1 Å². The zero-order valence-corrected chi connectivity index (χ0v) is 13.6. The van der Waals surface area contributed by atoms with E-state index in [0.29, 0.717) is 5.54 Å². The molecule has 2 nitrogen and oxygen atoms in total. The van der Waals surface area contributed by atoms with Crippen LogP contribution in [0.1, 0.15) is 48.5 Å². The van der Waals surface area contributed by atoms with E-state index in [-0.39, 0.29) is 5.54 Å². The molecule has 0 radical (unpaired) electrons. The Labute approximate surface area is 115 Å². The molecule has 0 aliphatic rings. The maximum absolute atomic E-state index is 3.72. The highest BCUT2D eigenvalue weighted by Crippen LogP contribution is 2.11. The first-order chi connectivity index (χ1) is 8.08. The lowest BCUT2D eigenvalue weighted by molar-refractivity contribution is 0.173. The molecule has 0 spiro atoms. The van der Waals surface area contributed by atoms with Gasteiger partial charge in [-0.2, -0.15) is 0 Å². The van der Waals surface area contributed by atoms with Crippen molar-refractivity contribution >= 4 is 0 Å². The van der Waals surface area contributed by atoms with Gasteiger partial charge in [-0.3, -0.25) is 4.90 Å². The summed E-state index contributed by atoms with van der Waals surface area (Å²) < 4.78 is 0. The molecule has 0 heterocycles. The topological polar surface area (TPSA) is 15.3 Å². The van der Waals surface area contributed by atoms with Crippen LogP contribution >= 0.6 is 0 Å². The standard InChI is InChI=1S/C10H19N.C6H15N/c1-6-8-11(9-7-2)10(3,4)5;1-5-7-6(2,3)4/h6-7H,1-2,8-9H2,3-5H3;7H,5H2,1-4H3. The predicted molar refractivity (Wildman–Crippen MR) is 85.1 cm³/mol. The van der Waals surface area contributed by atoms with E-state index in [1.54, 1.807) is 0 Å². The van der Waals surface area contributed by atoms with Crippen LogP contribution in [-0.4, -0.2) is 35.6 Å².